The summed E-state index contributed by atoms with van der Waals surface area (Å²) in [5, 5.41) is 3.03. The zero-order valence-corrected chi connectivity index (χ0v) is 18.8. The van der Waals surface area contributed by atoms with Crippen LogP contribution in [0.25, 0.3) is 0 Å². The molecule has 3 atom stereocenters. The molecule has 0 spiro atoms. The van der Waals surface area contributed by atoms with Gasteiger partial charge in [-0.05, 0) is 44.1 Å². The van der Waals surface area contributed by atoms with Gasteiger partial charge >= 0.3 is 0 Å². The summed E-state index contributed by atoms with van der Waals surface area (Å²) >= 11 is 0. The lowest BCUT2D eigenvalue weighted by atomic mass is 9.94. The van der Waals surface area contributed by atoms with E-state index in [1.807, 2.05) is 0 Å². The minimum absolute atomic E-state index is 0.00717. The average molecular weight is 431 g/mol. The highest BCUT2D eigenvalue weighted by molar-refractivity contribution is 7.86. The van der Waals surface area contributed by atoms with Gasteiger partial charge in [0.1, 0.15) is 0 Å². The smallest absolute Gasteiger partial charge is 0.282 e. The van der Waals surface area contributed by atoms with Crippen LogP contribution in [0.3, 0.4) is 0 Å². The van der Waals surface area contributed by atoms with Gasteiger partial charge in [-0.2, -0.15) is 17.0 Å². The van der Waals surface area contributed by atoms with E-state index < -0.39 is 10.2 Å². The van der Waals surface area contributed by atoms with Crippen LogP contribution >= 0.6 is 0 Å². The Balaban J connectivity index is 1.45. The average Bonchev–Trinajstić information content (AvgIpc) is 2.71. The summed E-state index contributed by atoms with van der Waals surface area (Å²) in [4.78, 5) is 15.0. The van der Waals surface area contributed by atoms with Crippen molar-refractivity contribution in [3.8, 4) is 0 Å². The normalized spacial score (nSPS) is 30.9. The van der Waals surface area contributed by atoms with Gasteiger partial charge in [0.15, 0.2) is 0 Å². The second-order valence-corrected chi connectivity index (χ2v) is 11.0. The molecule has 9 heteroatoms. The van der Waals surface area contributed by atoms with Crippen LogP contribution in [0.1, 0.15) is 39.5 Å². The third kappa shape index (κ3) is 6.37. The van der Waals surface area contributed by atoms with E-state index in [1.54, 1.807) is 8.61 Å². The largest absolute Gasteiger partial charge is 0.379 e. The first-order valence-electron chi connectivity index (χ1n) is 11.2. The highest BCUT2D eigenvalue weighted by Crippen LogP contribution is 2.27. The molecule has 0 unspecified atom stereocenters. The van der Waals surface area contributed by atoms with E-state index in [-0.39, 0.29) is 11.8 Å². The Hall–Kier alpha value is -0.740. The monoisotopic (exact) mass is 430 g/mol. The molecule has 0 aromatic rings. The summed E-state index contributed by atoms with van der Waals surface area (Å²) in [5.41, 5.74) is 0. The summed E-state index contributed by atoms with van der Waals surface area (Å²) in [7, 11) is -3.49. The van der Waals surface area contributed by atoms with Gasteiger partial charge < -0.3 is 10.1 Å². The fourth-order valence-corrected chi connectivity index (χ4v) is 6.75. The van der Waals surface area contributed by atoms with Gasteiger partial charge in [0, 0.05) is 45.8 Å². The SMILES string of the molecule is C[C@@H]1C[C@H](C)CN(S(=O)(=O)N2CCC[C@@H](C(=O)NCCCN3CCOCC3)C2)C1. The van der Waals surface area contributed by atoms with Crippen molar-refractivity contribution in [2.24, 2.45) is 17.8 Å². The third-order valence-corrected chi connectivity index (χ3v) is 8.23. The van der Waals surface area contributed by atoms with E-state index in [9.17, 15) is 13.2 Å². The minimum Gasteiger partial charge on any atom is -0.379 e. The summed E-state index contributed by atoms with van der Waals surface area (Å²) in [6, 6.07) is 0. The van der Waals surface area contributed by atoms with Crippen molar-refractivity contribution in [1.29, 1.82) is 0 Å². The molecular weight excluding hydrogens is 392 g/mol. The number of rotatable bonds is 7. The van der Waals surface area contributed by atoms with Crippen LogP contribution in [0.5, 0.6) is 0 Å². The topological polar surface area (TPSA) is 82.2 Å². The van der Waals surface area contributed by atoms with E-state index in [4.69, 9.17) is 4.74 Å². The molecular formula is C20H38N4O4S. The second-order valence-electron chi connectivity index (χ2n) is 9.07. The first kappa shape index (κ1) is 22.9. The number of carbonyl (C=O) groups is 1. The maximum atomic E-state index is 13.1. The molecule has 8 nitrogen and oxygen atoms in total. The molecule has 168 valence electrons. The van der Waals surface area contributed by atoms with Crippen LogP contribution < -0.4 is 5.32 Å². The number of ether oxygens (including phenoxy) is 1. The van der Waals surface area contributed by atoms with E-state index in [2.05, 4.69) is 24.1 Å². The summed E-state index contributed by atoms with van der Waals surface area (Å²) in [5.74, 6) is 0.501. The van der Waals surface area contributed by atoms with E-state index >= 15 is 0 Å². The van der Waals surface area contributed by atoms with Crippen LogP contribution in [0.2, 0.25) is 0 Å². The molecule has 0 aromatic heterocycles. The molecule has 3 fully saturated rings. The summed E-state index contributed by atoms with van der Waals surface area (Å²) in [6.45, 7) is 11.3. The molecule has 0 aliphatic carbocycles. The molecule has 1 amide bonds. The van der Waals surface area contributed by atoms with Crippen LogP contribution in [-0.2, 0) is 19.7 Å². The number of morpholine rings is 1. The van der Waals surface area contributed by atoms with Gasteiger partial charge in [-0.3, -0.25) is 9.69 Å². The van der Waals surface area contributed by atoms with Crippen LogP contribution in [-0.4, -0.2) is 93.4 Å². The Morgan fingerprint density at radius 2 is 1.72 bits per heavy atom. The van der Waals surface area contributed by atoms with Gasteiger partial charge in [-0.25, -0.2) is 0 Å². The van der Waals surface area contributed by atoms with Crippen molar-refractivity contribution in [2.45, 2.75) is 39.5 Å². The summed E-state index contributed by atoms with van der Waals surface area (Å²) in [6.07, 6.45) is 3.48. The highest BCUT2D eigenvalue weighted by atomic mass is 32.2. The van der Waals surface area contributed by atoms with Crippen LogP contribution in [0.15, 0.2) is 0 Å². The van der Waals surface area contributed by atoms with E-state index in [0.29, 0.717) is 44.6 Å². The van der Waals surface area contributed by atoms with Gasteiger partial charge in [0.05, 0.1) is 19.1 Å². The molecule has 3 aliphatic rings. The molecule has 0 aromatic carbocycles. The highest BCUT2D eigenvalue weighted by Gasteiger charge is 2.38. The van der Waals surface area contributed by atoms with Crippen LogP contribution in [0.4, 0.5) is 0 Å². The molecule has 1 N–H and O–H groups in total. The number of carbonyl (C=O) groups excluding carboxylic acids is 1. The van der Waals surface area contributed by atoms with Crippen molar-refractivity contribution in [1.82, 2.24) is 18.8 Å². The van der Waals surface area contributed by atoms with Crippen molar-refractivity contribution >= 4 is 16.1 Å². The second kappa shape index (κ2) is 10.5. The maximum absolute atomic E-state index is 13.1. The number of hydrogen-bond acceptors (Lipinski definition) is 5. The number of amides is 1. The maximum Gasteiger partial charge on any atom is 0.282 e. The Labute approximate surface area is 176 Å². The van der Waals surface area contributed by atoms with Crippen molar-refractivity contribution in [2.75, 3.05) is 65.6 Å². The van der Waals surface area contributed by atoms with Gasteiger partial charge in [0.2, 0.25) is 5.91 Å². The number of piperidine rings is 2. The predicted octanol–water partition coefficient (Wildman–Crippen LogP) is 0.760. The molecule has 3 aliphatic heterocycles. The van der Waals surface area contributed by atoms with Crippen molar-refractivity contribution < 1.29 is 17.9 Å². The lowest BCUT2D eigenvalue weighted by Gasteiger charge is -2.39. The molecule has 0 bridgehead atoms. The van der Waals surface area contributed by atoms with Gasteiger partial charge in [-0.15, -0.1) is 0 Å². The fraction of sp³-hybridized carbons (Fsp3) is 0.950. The number of nitrogens with one attached hydrogen (secondary N) is 1. The first-order chi connectivity index (χ1) is 13.9. The Kier molecular flexibility index (Phi) is 8.32. The molecule has 0 saturated carbocycles. The minimum atomic E-state index is -3.49. The van der Waals surface area contributed by atoms with Gasteiger partial charge in [-0.1, -0.05) is 13.8 Å². The Morgan fingerprint density at radius 1 is 1.03 bits per heavy atom. The molecule has 29 heavy (non-hydrogen) atoms. The molecule has 3 rings (SSSR count). The predicted molar refractivity (Wildman–Crippen MR) is 113 cm³/mol. The van der Waals surface area contributed by atoms with Crippen molar-refractivity contribution in [3.05, 3.63) is 0 Å². The number of hydrogen-bond donors (Lipinski definition) is 1. The first-order valence-corrected chi connectivity index (χ1v) is 12.6. The van der Waals surface area contributed by atoms with Gasteiger partial charge in [0.25, 0.3) is 10.2 Å². The Morgan fingerprint density at radius 3 is 2.41 bits per heavy atom. The summed E-state index contributed by atoms with van der Waals surface area (Å²) < 4.78 is 34.8. The lowest BCUT2D eigenvalue weighted by molar-refractivity contribution is -0.126. The molecule has 3 saturated heterocycles. The van der Waals surface area contributed by atoms with E-state index in [1.165, 1.54) is 0 Å². The van der Waals surface area contributed by atoms with E-state index in [0.717, 1.165) is 58.5 Å². The zero-order chi connectivity index (χ0) is 20.9. The number of nitrogens with zero attached hydrogens (tertiary/aromatic N) is 3. The zero-order valence-electron chi connectivity index (χ0n) is 18.0. The molecule has 0 radical (unpaired) electrons. The quantitative estimate of drug-likeness (QED) is 0.603. The van der Waals surface area contributed by atoms with Crippen molar-refractivity contribution in [3.63, 3.8) is 0 Å². The lowest BCUT2D eigenvalue weighted by Crippen LogP contribution is -2.53. The van der Waals surface area contributed by atoms with Crippen LogP contribution in [0, 0.1) is 17.8 Å². The fourth-order valence-electron chi connectivity index (χ4n) is 4.81. The third-order valence-electron chi connectivity index (χ3n) is 6.30. The molecule has 3 heterocycles. The Bertz CT molecular complexity index is 628. The standard InChI is InChI=1S/C20H38N4O4S/c1-17-13-18(2)15-24(14-17)29(26,27)23-8-3-5-19(16-23)20(25)21-6-4-7-22-9-11-28-12-10-22/h17-19H,3-16H2,1-2H3,(H,21,25)/t17-,18+,19-/m1/s1.